The third kappa shape index (κ3) is 3.59. The van der Waals surface area contributed by atoms with E-state index in [1.54, 1.807) is 0 Å². The van der Waals surface area contributed by atoms with E-state index in [0.29, 0.717) is 5.92 Å². The molecule has 2 heterocycles. The number of likely N-dealkylation sites (tertiary alicyclic amines) is 1. The van der Waals surface area contributed by atoms with Crippen LogP contribution in [0.3, 0.4) is 0 Å². The Morgan fingerprint density at radius 3 is 2.33 bits per heavy atom. The fourth-order valence-electron chi connectivity index (χ4n) is 2.83. The monoisotopic (exact) mass is 275 g/mol. The lowest BCUT2D eigenvalue weighted by atomic mass is 10.0. The first kappa shape index (κ1) is 15.7. The Hall–Kier alpha value is -0.320. The molecule has 18 heavy (non-hydrogen) atoms. The lowest BCUT2D eigenvalue weighted by molar-refractivity contribution is -0.125. The van der Waals surface area contributed by atoms with E-state index in [-0.39, 0.29) is 24.4 Å². The Morgan fingerprint density at radius 2 is 1.83 bits per heavy atom. The van der Waals surface area contributed by atoms with Crippen LogP contribution in [0.1, 0.15) is 20.8 Å². The maximum absolute atomic E-state index is 12.0. The summed E-state index contributed by atoms with van der Waals surface area (Å²) in [6, 6.07) is 0.0272. The molecule has 3 atom stereocenters. The molecule has 2 saturated heterocycles. The van der Waals surface area contributed by atoms with E-state index >= 15 is 0 Å². The maximum atomic E-state index is 12.0. The van der Waals surface area contributed by atoms with Crippen molar-refractivity contribution in [2.75, 3.05) is 32.7 Å². The molecular formula is C13H26ClN3O. The van der Waals surface area contributed by atoms with Crippen LogP contribution < -0.4 is 10.6 Å². The zero-order valence-corrected chi connectivity index (χ0v) is 12.4. The molecule has 0 saturated carbocycles. The summed E-state index contributed by atoms with van der Waals surface area (Å²) in [5, 5.41) is 6.45. The minimum absolute atomic E-state index is 0. The SMILES string of the molecule is CC(C)CNC(=O)C(C)N1C[C@H]2CNC[C@H]2C1.Cl. The van der Waals surface area contributed by atoms with Crippen LogP contribution >= 0.6 is 12.4 Å². The minimum atomic E-state index is 0. The van der Waals surface area contributed by atoms with Crippen LogP contribution in [0.25, 0.3) is 0 Å². The van der Waals surface area contributed by atoms with E-state index in [4.69, 9.17) is 0 Å². The summed E-state index contributed by atoms with van der Waals surface area (Å²) in [5.74, 6) is 2.23. The summed E-state index contributed by atoms with van der Waals surface area (Å²) in [6.45, 7) is 11.5. The lowest BCUT2D eigenvalue weighted by Crippen LogP contribution is -2.45. The third-order valence-corrected chi connectivity index (χ3v) is 4.03. The molecule has 2 fully saturated rings. The van der Waals surface area contributed by atoms with Gasteiger partial charge in [0.15, 0.2) is 0 Å². The summed E-state index contributed by atoms with van der Waals surface area (Å²) in [6.07, 6.45) is 0. The van der Waals surface area contributed by atoms with E-state index in [1.165, 1.54) is 0 Å². The van der Waals surface area contributed by atoms with Gasteiger partial charge in [0.25, 0.3) is 0 Å². The van der Waals surface area contributed by atoms with Crippen molar-refractivity contribution in [3.63, 3.8) is 0 Å². The zero-order valence-electron chi connectivity index (χ0n) is 11.6. The normalized spacial score (nSPS) is 28.9. The first-order valence-electron chi connectivity index (χ1n) is 6.80. The quantitative estimate of drug-likeness (QED) is 0.795. The Balaban J connectivity index is 0.00000162. The molecule has 106 valence electrons. The standard InChI is InChI=1S/C13H25N3O.ClH/c1-9(2)4-15-13(17)10(3)16-7-11-5-14-6-12(11)8-16;/h9-12,14H,4-8H2,1-3H3,(H,15,17);1H/t10?,11-,12+;. The van der Waals surface area contributed by atoms with Gasteiger partial charge in [0.2, 0.25) is 5.91 Å². The Kier molecular flexibility index (Phi) is 5.89. The smallest absolute Gasteiger partial charge is 0.237 e. The van der Waals surface area contributed by atoms with E-state index < -0.39 is 0 Å². The van der Waals surface area contributed by atoms with Crippen molar-refractivity contribution < 1.29 is 4.79 Å². The number of hydrogen-bond acceptors (Lipinski definition) is 3. The number of nitrogens with one attached hydrogen (secondary N) is 2. The molecule has 0 radical (unpaired) electrons. The number of nitrogens with zero attached hydrogens (tertiary/aromatic N) is 1. The third-order valence-electron chi connectivity index (χ3n) is 4.03. The van der Waals surface area contributed by atoms with Crippen LogP contribution in [0.15, 0.2) is 0 Å². The molecule has 0 bridgehead atoms. The highest BCUT2D eigenvalue weighted by Crippen LogP contribution is 2.27. The largest absolute Gasteiger partial charge is 0.354 e. The van der Waals surface area contributed by atoms with Gasteiger partial charge >= 0.3 is 0 Å². The fourth-order valence-corrected chi connectivity index (χ4v) is 2.83. The number of carbonyl (C=O) groups excluding carboxylic acids is 1. The second kappa shape index (κ2) is 6.73. The summed E-state index contributed by atoms with van der Waals surface area (Å²) < 4.78 is 0. The van der Waals surface area contributed by atoms with E-state index in [1.807, 2.05) is 6.92 Å². The van der Waals surface area contributed by atoms with Gasteiger partial charge in [0.05, 0.1) is 6.04 Å². The van der Waals surface area contributed by atoms with Gasteiger partial charge in [0, 0.05) is 19.6 Å². The molecule has 1 amide bonds. The van der Waals surface area contributed by atoms with Crippen LogP contribution in [0.2, 0.25) is 0 Å². The van der Waals surface area contributed by atoms with Crippen molar-refractivity contribution >= 4 is 18.3 Å². The molecule has 0 aromatic heterocycles. The molecule has 2 rings (SSSR count). The van der Waals surface area contributed by atoms with Crippen LogP contribution in [0.4, 0.5) is 0 Å². The topological polar surface area (TPSA) is 44.4 Å². The van der Waals surface area contributed by atoms with E-state index in [2.05, 4.69) is 29.4 Å². The lowest BCUT2D eigenvalue weighted by Gasteiger charge is -2.24. The highest BCUT2D eigenvalue weighted by molar-refractivity contribution is 5.85. The van der Waals surface area contributed by atoms with Gasteiger partial charge < -0.3 is 10.6 Å². The summed E-state index contributed by atoms with van der Waals surface area (Å²) >= 11 is 0. The van der Waals surface area contributed by atoms with E-state index in [9.17, 15) is 4.79 Å². The summed E-state index contributed by atoms with van der Waals surface area (Å²) in [7, 11) is 0. The second-order valence-electron chi connectivity index (χ2n) is 5.95. The molecular weight excluding hydrogens is 250 g/mol. The van der Waals surface area contributed by atoms with Crippen LogP contribution in [0.5, 0.6) is 0 Å². The second-order valence-corrected chi connectivity index (χ2v) is 5.95. The Morgan fingerprint density at radius 1 is 1.28 bits per heavy atom. The van der Waals surface area contributed by atoms with E-state index in [0.717, 1.165) is 44.6 Å². The number of halogens is 1. The van der Waals surface area contributed by atoms with Gasteiger partial charge in [-0.1, -0.05) is 13.8 Å². The first-order chi connectivity index (χ1) is 8.08. The van der Waals surface area contributed by atoms with Crippen LogP contribution in [-0.2, 0) is 4.79 Å². The molecule has 4 nitrogen and oxygen atoms in total. The first-order valence-corrected chi connectivity index (χ1v) is 6.80. The van der Waals surface area contributed by atoms with Crippen molar-refractivity contribution in [3.05, 3.63) is 0 Å². The van der Waals surface area contributed by atoms with Gasteiger partial charge in [-0.15, -0.1) is 12.4 Å². The molecule has 0 aliphatic carbocycles. The molecule has 5 heteroatoms. The highest BCUT2D eigenvalue weighted by atomic mass is 35.5. The van der Waals surface area contributed by atoms with Crippen molar-refractivity contribution in [1.82, 2.24) is 15.5 Å². The number of rotatable bonds is 4. The van der Waals surface area contributed by atoms with Crippen molar-refractivity contribution in [2.45, 2.75) is 26.8 Å². The maximum Gasteiger partial charge on any atom is 0.237 e. The van der Waals surface area contributed by atoms with Crippen molar-refractivity contribution in [1.29, 1.82) is 0 Å². The van der Waals surface area contributed by atoms with Gasteiger partial charge in [0.1, 0.15) is 0 Å². The highest BCUT2D eigenvalue weighted by Gasteiger charge is 2.39. The number of hydrogen-bond donors (Lipinski definition) is 2. The van der Waals surface area contributed by atoms with Gasteiger partial charge in [-0.05, 0) is 37.8 Å². The van der Waals surface area contributed by atoms with Crippen molar-refractivity contribution in [2.24, 2.45) is 17.8 Å². The molecule has 0 aromatic rings. The van der Waals surface area contributed by atoms with Crippen molar-refractivity contribution in [3.8, 4) is 0 Å². The minimum Gasteiger partial charge on any atom is -0.354 e. The number of amides is 1. The van der Waals surface area contributed by atoms with Gasteiger partial charge in [-0.3, -0.25) is 9.69 Å². The molecule has 0 aromatic carbocycles. The summed E-state index contributed by atoms with van der Waals surface area (Å²) in [5.41, 5.74) is 0. The van der Waals surface area contributed by atoms with Gasteiger partial charge in [-0.25, -0.2) is 0 Å². The average Bonchev–Trinajstić information content (AvgIpc) is 2.84. The molecule has 1 unspecified atom stereocenters. The summed E-state index contributed by atoms with van der Waals surface area (Å²) in [4.78, 5) is 14.3. The molecule has 2 aliphatic heterocycles. The molecule has 0 spiro atoms. The Labute approximate surface area is 116 Å². The number of carbonyl (C=O) groups is 1. The van der Waals surface area contributed by atoms with Crippen LogP contribution in [0, 0.1) is 17.8 Å². The molecule has 2 aliphatic rings. The van der Waals surface area contributed by atoms with Crippen LogP contribution in [-0.4, -0.2) is 49.6 Å². The fraction of sp³-hybridized carbons (Fsp3) is 0.923. The predicted octanol–water partition coefficient (Wildman–Crippen LogP) is 0.720. The zero-order chi connectivity index (χ0) is 12.4. The van der Waals surface area contributed by atoms with Gasteiger partial charge in [-0.2, -0.15) is 0 Å². The average molecular weight is 276 g/mol. The molecule has 2 N–H and O–H groups in total. The predicted molar refractivity (Wildman–Crippen MR) is 76.0 cm³/mol. The number of fused-ring (bicyclic) bond motifs is 1. The Bertz CT molecular complexity index is 273.